The van der Waals surface area contributed by atoms with Crippen LogP contribution in [0.1, 0.15) is 12.5 Å². The van der Waals surface area contributed by atoms with Crippen molar-refractivity contribution in [3.63, 3.8) is 0 Å². The summed E-state index contributed by atoms with van der Waals surface area (Å²) in [6.45, 7) is 1.71. The highest BCUT2D eigenvalue weighted by Crippen LogP contribution is 2.14. The first-order valence-electron chi connectivity index (χ1n) is 6.34. The first-order valence-corrected chi connectivity index (χ1v) is 6.34. The quantitative estimate of drug-likeness (QED) is 0.458. The number of esters is 2. The molecule has 21 heavy (non-hydrogen) atoms. The van der Waals surface area contributed by atoms with Crippen LogP contribution in [0.15, 0.2) is 42.7 Å². The van der Waals surface area contributed by atoms with Crippen LogP contribution >= 0.6 is 0 Å². The highest BCUT2D eigenvalue weighted by atomic mass is 16.5. The molecule has 5 nitrogen and oxygen atoms in total. The third kappa shape index (κ3) is 5.95. The van der Waals surface area contributed by atoms with E-state index in [-0.39, 0.29) is 11.9 Å². The van der Waals surface area contributed by atoms with E-state index < -0.39 is 5.97 Å². The molecule has 0 amide bonds. The lowest BCUT2D eigenvalue weighted by Crippen LogP contribution is -2.09. The summed E-state index contributed by atoms with van der Waals surface area (Å²) in [5, 5.41) is 0. The fraction of sp³-hybridized carbons (Fsp3) is 0.250. The van der Waals surface area contributed by atoms with Crippen molar-refractivity contribution in [1.29, 1.82) is 0 Å². The normalized spacial score (nSPS) is 12.3. The van der Waals surface area contributed by atoms with Crippen molar-refractivity contribution in [3.05, 3.63) is 48.2 Å². The van der Waals surface area contributed by atoms with Crippen molar-refractivity contribution in [2.75, 3.05) is 14.2 Å². The molecule has 0 spiro atoms. The van der Waals surface area contributed by atoms with Crippen LogP contribution in [0.3, 0.4) is 0 Å². The first-order chi connectivity index (χ1) is 10.1. The minimum atomic E-state index is -0.407. The van der Waals surface area contributed by atoms with Crippen molar-refractivity contribution in [2.45, 2.75) is 6.92 Å². The number of ether oxygens (including phenoxy) is 3. The van der Waals surface area contributed by atoms with Gasteiger partial charge in [0.1, 0.15) is 5.75 Å². The lowest BCUT2D eigenvalue weighted by atomic mass is 10.2. The molecule has 112 valence electrons. The Morgan fingerprint density at radius 1 is 1.10 bits per heavy atom. The molecule has 0 radical (unpaired) electrons. The van der Waals surface area contributed by atoms with Gasteiger partial charge in [-0.05, 0) is 36.8 Å². The van der Waals surface area contributed by atoms with Crippen LogP contribution in [0, 0.1) is 5.92 Å². The van der Waals surface area contributed by atoms with Gasteiger partial charge >= 0.3 is 11.9 Å². The highest BCUT2D eigenvalue weighted by Gasteiger charge is 2.08. The van der Waals surface area contributed by atoms with Crippen LogP contribution < -0.4 is 4.74 Å². The van der Waals surface area contributed by atoms with Crippen LogP contribution in [0.25, 0.3) is 6.08 Å². The van der Waals surface area contributed by atoms with E-state index in [0.717, 1.165) is 5.56 Å². The van der Waals surface area contributed by atoms with Crippen molar-refractivity contribution < 1.29 is 23.8 Å². The number of hydrogen-bond donors (Lipinski definition) is 0. The van der Waals surface area contributed by atoms with Crippen LogP contribution in [0.4, 0.5) is 0 Å². The minimum absolute atomic E-state index is 0.321. The van der Waals surface area contributed by atoms with Crippen molar-refractivity contribution in [3.8, 4) is 5.75 Å². The third-order valence-corrected chi connectivity index (χ3v) is 2.64. The van der Waals surface area contributed by atoms with Gasteiger partial charge in [0, 0.05) is 6.08 Å². The molecule has 0 fully saturated rings. The van der Waals surface area contributed by atoms with Gasteiger partial charge in [-0.3, -0.25) is 4.79 Å². The molecule has 0 aliphatic heterocycles. The molecule has 1 aromatic rings. The Kier molecular flexibility index (Phi) is 6.74. The largest absolute Gasteiger partial charge is 0.469 e. The van der Waals surface area contributed by atoms with E-state index in [1.807, 2.05) is 0 Å². The molecule has 0 saturated carbocycles. The van der Waals surface area contributed by atoms with Gasteiger partial charge in [0.25, 0.3) is 0 Å². The summed E-state index contributed by atoms with van der Waals surface area (Å²) in [6.07, 6.45) is 6.04. The number of rotatable bonds is 6. The number of hydrogen-bond acceptors (Lipinski definition) is 5. The molecule has 0 aromatic heterocycles. The molecule has 0 saturated heterocycles. The van der Waals surface area contributed by atoms with Gasteiger partial charge in [0.2, 0.25) is 0 Å². The summed E-state index contributed by atoms with van der Waals surface area (Å²) in [5.74, 6) is -0.469. The Morgan fingerprint density at radius 3 is 2.33 bits per heavy atom. The van der Waals surface area contributed by atoms with E-state index in [1.165, 1.54) is 26.6 Å². The third-order valence-electron chi connectivity index (χ3n) is 2.64. The second-order valence-corrected chi connectivity index (χ2v) is 4.18. The van der Waals surface area contributed by atoms with Crippen LogP contribution in [-0.4, -0.2) is 26.2 Å². The smallest absolute Gasteiger partial charge is 0.330 e. The minimum Gasteiger partial charge on any atom is -0.469 e. The van der Waals surface area contributed by atoms with Crippen LogP contribution in [-0.2, 0) is 19.1 Å². The predicted molar refractivity (Wildman–Crippen MR) is 78.4 cm³/mol. The molecule has 1 unspecified atom stereocenters. The van der Waals surface area contributed by atoms with Crippen molar-refractivity contribution in [1.82, 2.24) is 0 Å². The lowest BCUT2D eigenvalue weighted by Gasteiger charge is -2.04. The zero-order chi connectivity index (χ0) is 15.7. The van der Waals surface area contributed by atoms with Crippen molar-refractivity contribution in [2.24, 2.45) is 5.92 Å². The molecule has 0 aliphatic rings. The van der Waals surface area contributed by atoms with Crippen LogP contribution in [0.5, 0.6) is 5.75 Å². The Bertz CT molecular complexity index is 528. The lowest BCUT2D eigenvalue weighted by molar-refractivity contribution is -0.143. The molecule has 0 heterocycles. The summed E-state index contributed by atoms with van der Waals surface area (Å²) >= 11 is 0. The topological polar surface area (TPSA) is 61.8 Å². The predicted octanol–water partition coefficient (Wildman–Crippen LogP) is 2.57. The van der Waals surface area contributed by atoms with Gasteiger partial charge in [-0.2, -0.15) is 0 Å². The average molecular weight is 290 g/mol. The molecule has 1 atom stereocenters. The van der Waals surface area contributed by atoms with E-state index in [0.29, 0.717) is 5.75 Å². The summed E-state index contributed by atoms with van der Waals surface area (Å²) in [6, 6.07) is 7.10. The molecule has 0 N–H and O–H groups in total. The summed E-state index contributed by atoms with van der Waals surface area (Å²) in [7, 11) is 2.67. The van der Waals surface area contributed by atoms with Gasteiger partial charge < -0.3 is 14.2 Å². The summed E-state index contributed by atoms with van der Waals surface area (Å²) in [4.78, 5) is 22.1. The second-order valence-electron chi connectivity index (χ2n) is 4.18. The molecule has 5 heteroatoms. The fourth-order valence-corrected chi connectivity index (χ4v) is 1.39. The Balaban J connectivity index is 2.55. The Labute approximate surface area is 123 Å². The first kappa shape index (κ1) is 16.5. The maximum absolute atomic E-state index is 11.2. The van der Waals surface area contributed by atoms with Gasteiger partial charge in [-0.15, -0.1) is 0 Å². The number of benzene rings is 1. The fourth-order valence-electron chi connectivity index (χ4n) is 1.39. The zero-order valence-corrected chi connectivity index (χ0v) is 12.2. The molecule has 1 aromatic carbocycles. The molecule has 0 bridgehead atoms. The second kappa shape index (κ2) is 8.58. The monoisotopic (exact) mass is 290 g/mol. The number of carbonyl (C=O) groups excluding carboxylic acids is 2. The maximum atomic E-state index is 11.2. The Hall–Kier alpha value is -2.56. The van der Waals surface area contributed by atoms with E-state index in [1.54, 1.807) is 43.3 Å². The standard InChI is InChI=1S/C16H18O5/c1-12(16(18)20-3)10-11-21-14-7-4-13(5-8-14)6-9-15(17)19-2/h4-12H,1-3H3/b9-6+,11-10+. The maximum Gasteiger partial charge on any atom is 0.330 e. The highest BCUT2D eigenvalue weighted by molar-refractivity contribution is 5.86. The Morgan fingerprint density at radius 2 is 1.76 bits per heavy atom. The summed E-state index contributed by atoms with van der Waals surface area (Å²) < 4.78 is 14.5. The van der Waals surface area contributed by atoms with E-state index >= 15 is 0 Å². The van der Waals surface area contributed by atoms with Crippen LogP contribution in [0.2, 0.25) is 0 Å². The van der Waals surface area contributed by atoms with Gasteiger partial charge in [-0.1, -0.05) is 12.1 Å². The number of methoxy groups -OCH3 is 2. The van der Waals surface area contributed by atoms with E-state index in [2.05, 4.69) is 9.47 Å². The van der Waals surface area contributed by atoms with Crippen molar-refractivity contribution >= 4 is 18.0 Å². The molecule has 0 aliphatic carbocycles. The zero-order valence-electron chi connectivity index (χ0n) is 12.2. The SMILES string of the molecule is COC(=O)/C=C/c1ccc(O/C=C/C(C)C(=O)OC)cc1. The molecular formula is C16H18O5. The molecular weight excluding hydrogens is 272 g/mol. The van der Waals surface area contributed by atoms with Gasteiger partial charge in [0.05, 0.1) is 26.4 Å². The number of carbonyl (C=O) groups is 2. The average Bonchev–Trinajstić information content (AvgIpc) is 2.52. The summed E-state index contributed by atoms with van der Waals surface area (Å²) in [5.41, 5.74) is 0.847. The molecule has 1 rings (SSSR count). The van der Waals surface area contributed by atoms with Gasteiger partial charge in [-0.25, -0.2) is 4.79 Å². The van der Waals surface area contributed by atoms with Gasteiger partial charge in [0.15, 0.2) is 0 Å². The van der Waals surface area contributed by atoms with E-state index in [4.69, 9.17) is 4.74 Å². The van der Waals surface area contributed by atoms with E-state index in [9.17, 15) is 9.59 Å².